The van der Waals surface area contributed by atoms with Crippen molar-refractivity contribution in [1.29, 1.82) is 0 Å². The summed E-state index contributed by atoms with van der Waals surface area (Å²) in [6, 6.07) is 5.43. The number of anilines is 2. The van der Waals surface area contributed by atoms with E-state index in [1.807, 2.05) is 12.1 Å². The average Bonchev–Trinajstić information content (AvgIpc) is 2.85. The van der Waals surface area contributed by atoms with Gasteiger partial charge in [0.15, 0.2) is 11.4 Å². The number of ether oxygens (including phenoxy) is 2. The van der Waals surface area contributed by atoms with E-state index >= 15 is 0 Å². The van der Waals surface area contributed by atoms with Crippen LogP contribution in [0.2, 0.25) is 0 Å². The number of aromatic nitrogens is 1. The molecule has 0 aliphatic rings. The van der Waals surface area contributed by atoms with E-state index < -0.39 is 0 Å². The van der Waals surface area contributed by atoms with Gasteiger partial charge in [-0.2, -0.15) is 0 Å². The molecule has 0 bridgehead atoms. The molecule has 0 amide bonds. The van der Waals surface area contributed by atoms with Gasteiger partial charge in [-0.05, 0) is 0 Å². The van der Waals surface area contributed by atoms with Crippen LogP contribution in [-0.4, -0.2) is 25.5 Å². The van der Waals surface area contributed by atoms with Crippen molar-refractivity contribution in [3.8, 4) is 11.5 Å². The van der Waals surface area contributed by atoms with Gasteiger partial charge in [-0.15, -0.1) is 0 Å². The summed E-state index contributed by atoms with van der Waals surface area (Å²) in [6.45, 7) is 0. The Balaban J connectivity index is 2.24. The van der Waals surface area contributed by atoms with Gasteiger partial charge in [0.2, 0.25) is 0 Å². The van der Waals surface area contributed by atoms with Crippen molar-refractivity contribution < 1.29 is 14.3 Å². The van der Waals surface area contributed by atoms with Gasteiger partial charge in [-0.3, -0.25) is 4.79 Å². The number of nitrogens with zero attached hydrogens (tertiary/aromatic N) is 1. The van der Waals surface area contributed by atoms with E-state index in [2.05, 4.69) is 10.3 Å². The van der Waals surface area contributed by atoms with Crippen LogP contribution in [-0.2, 0) is 0 Å². The Kier molecular flexibility index (Phi) is 3.78. The van der Waals surface area contributed by atoms with Crippen LogP contribution in [0.5, 0.6) is 11.5 Å². The Morgan fingerprint density at radius 2 is 1.89 bits per heavy atom. The first-order valence-electron chi connectivity index (χ1n) is 5.16. The van der Waals surface area contributed by atoms with Crippen LogP contribution in [0.15, 0.2) is 24.4 Å². The van der Waals surface area contributed by atoms with E-state index in [-0.39, 0.29) is 0 Å². The smallest absolute Gasteiger partial charge is 0.187 e. The molecule has 18 heavy (non-hydrogen) atoms. The first-order valence-corrected chi connectivity index (χ1v) is 5.98. The highest BCUT2D eigenvalue weighted by Gasteiger charge is 2.05. The maximum Gasteiger partial charge on any atom is 0.187 e. The number of carbonyl (C=O) groups excluding carboxylic acids is 1. The largest absolute Gasteiger partial charge is 0.497 e. The molecule has 1 aromatic heterocycles. The number of rotatable bonds is 5. The summed E-state index contributed by atoms with van der Waals surface area (Å²) in [5.74, 6) is 1.37. The van der Waals surface area contributed by atoms with Gasteiger partial charge < -0.3 is 14.8 Å². The SMILES string of the molecule is COc1cc(Nc2ncc(C=O)s2)cc(OC)c1. The molecule has 1 N–H and O–H groups in total. The normalized spacial score (nSPS) is 9.89. The van der Waals surface area contributed by atoms with E-state index in [4.69, 9.17) is 9.47 Å². The van der Waals surface area contributed by atoms with Gasteiger partial charge in [-0.1, -0.05) is 11.3 Å². The maximum atomic E-state index is 10.6. The predicted molar refractivity (Wildman–Crippen MR) is 70.3 cm³/mol. The molecule has 1 heterocycles. The summed E-state index contributed by atoms with van der Waals surface area (Å²) >= 11 is 1.28. The second kappa shape index (κ2) is 5.50. The Morgan fingerprint density at radius 1 is 1.22 bits per heavy atom. The minimum Gasteiger partial charge on any atom is -0.497 e. The molecule has 0 fully saturated rings. The highest BCUT2D eigenvalue weighted by molar-refractivity contribution is 7.17. The number of hydrogen-bond donors (Lipinski definition) is 1. The minimum atomic E-state index is 0.576. The van der Waals surface area contributed by atoms with E-state index in [1.165, 1.54) is 17.5 Å². The summed E-state index contributed by atoms with van der Waals surface area (Å²) in [6.07, 6.45) is 2.30. The third-order valence-corrected chi connectivity index (χ3v) is 3.08. The molecular formula is C12H12N2O3S. The third-order valence-electron chi connectivity index (χ3n) is 2.24. The topological polar surface area (TPSA) is 60.5 Å². The zero-order chi connectivity index (χ0) is 13.0. The van der Waals surface area contributed by atoms with Crippen molar-refractivity contribution in [3.63, 3.8) is 0 Å². The fourth-order valence-electron chi connectivity index (χ4n) is 1.40. The molecule has 0 aliphatic carbocycles. The number of carbonyl (C=O) groups is 1. The standard InChI is InChI=1S/C12H12N2O3S/c1-16-9-3-8(4-10(5-9)17-2)14-12-13-6-11(7-15)18-12/h3-7H,1-2H3,(H,13,14). The molecule has 0 atom stereocenters. The van der Waals surface area contributed by atoms with E-state index in [9.17, 15) is 4.79 Å². The maximum absolute atomic E-state index is 10.6. The van der Waals surface area contributed by atoms with Gasteiger partial charge >= 0.3 is 0 Å². The van der Waals surface area contributed by atoms with Crippen molar-refractivity contribution in [1.82, 2.24) is 4.98 Å². The Labute approximate surface area is 108 Å². The lowest BCUT2D eigenvalue weighted by Crippen LogP contribution is -1.93. The molecule has 2 aromatic rings. The van der Waals surface area contributed by atoms with Crippen LogP contribution in [0.1, 0.15) is 9.67 Å². The van der Waals surface area contributed by atoms with Crippen molar-refractivity contribution >= 4 is 28.4 Å². The van der Waals surface area contributed by atoms with Gasteiger partial charge in [0.1, 0.15) is 11.5 Å². The zero-order valence-corrected chi connectivity index (χ0v) is 10.8. The van der Waals surface area contributed by atoms with Gasteiger partial charge in [0, 0.05) is 23.9 Å². The number of nitrogens with one attached hydrogen (secondary N) is 1. The monoisotopic (exact) mass is 264 g/mol. The minimum absolute atomic E-state index is 0.576. The van der Waals surface area contributed by atoms with Crippen LogP contribution in [0, 0.1) is 0 Å². The zero-order valence-electron chi connectivity index (χ0n) is 9.97. The fourth-order valence-corrected chi connectivity index (χ4v) is 2.05. The van der Waals surface area contributed by atoms with Gasteiger partial charge in [0.25, 0.3) is 0 Å². The first-order chi connectivity index (χ1) is 8.75. The van der Waals surface area contributed by atoms with Crippen molar-refractivity contribution in [2.24, 2.45) is 0 Å². The summed E-state index contributed by atoms with van der Waals surface area (Å²) in [5.41, 5.74) is 0.790. The van der Waals surface area contributed by atoms with Crippen LogP contribution in [0.25, 0.3) is 0 Å². The summed E-state index contributed by atoms with van der Waals surface area (Å²) < 4.78 is 10.3. The molecule has 0 unspecified atom stereocenters. The lowest BCUT2D eigenvalue weighted by atomic mass is 10.3. The van der Waals surface area contributed by atoms with Crippen molar-refractivity contribution in [2.75, 3.05) is 19.5 Å². The molecule has 0 radical (unpaired) electrons. The van der Waals surface area contributed by atoms with E-state index in [0.717, 1.165) is 12.0 Å². The fraction of sp³-hybridized carbons (Fsp3) is 0.167. The first kappa shape index (κ1) is 12.4. The van der Waals surface area contributed by atoms with Crippen LogP contribution >= 0.6 is 11.3 Å². The summed E-state index contributed by atoms with van der Waals surface area (Å²) in [4.78, 5) is 15.2. The summed E-state index contributed by atoms with van der Waals surface area (Å²) in [7, 11) is 3.18. The number of methoxy groups -OCH3 is 2. The molecule has 5 nitrogen and oxygen atoms in total. The van der Waals surface area contributed by atoms with Gasteiger partial charge in [-0.25, -0.2) is 4.98 Å². The van der Waals surface area contributed by atoms with Gasteiger partial charge in [0.05, 0.1) is 25.3 Å². The lowest BCUT2D eigenvalue weighted by Gasteiger charge is -2.08. The number of aldehydes is 1. The van der Waals surface area contributed by atoms with E-state index in [1.54, 1.807) is 20.3 Å². The Hall–Kier alpha value is -2.08. The Morgan fingerprint density at radius 3 is 2.39 bits per heavy atom. The highest BCUT2D eigenvalue weighted by atomic mass is 32.1. The van der Waals surface area contributed by atoms with Crippen molar-refractivity contribution in [2.45, 2.75) is 0 Å². The average molecular weight is 264 g/mol. The Bertz CT molecular complexity index is 532. The highest BCUT2D eigenvalue weighted by Crippen LogP contribution is 2.29. The third kappa shape index (κ3) is 2.78. The molecule has 0 saturated heterocycles. The van der Waals surface area contributed by atoms with E-state index in [0.29, 0.717) is 21.5 Å². The predicted octanol–water partition coefficient (Wildman–Crippen LogP) is 2.72. The number of thiazole rings is 1. The second-order valence-corrected chi connectivity index (χ2v) is 4.47. The quantitative estimate of drug-likeness (QED) is 0.841. The molecular weight excluding hydrogens is 252 g/mol. The van der Waals surface area contributed by atoms with Crippen molar-refractivity contribution in [3.05, 3.63) is 29.3 Å². The molecule has 0 saturated carbocycles. The molecule has 94 valence electrons. The number of hydrogen-bond acceptors (Lipinski definition) is 6. The summed E-state index contributed by atoms with van der Waals surface area (Å²) in [5, 5.41) is 3.74. The molecule has 0 aliphatic heterocycles. The molecule has 1 aromatic carbocycles. The number of benzene rings is 1. The second-order valence-electron chi connectivity index (χ2n) is 3.41. The molecule has 6 heteroatoms. The molecule has 2 rings (SSSR count). The van der Waals surface area contributed by atoms with Crippen LogP contribution in [0.4, 0.5) is 10.8 Å². The van der Waals surface area contributed by atoms with Crippen LogP contribution < -0.4 is 14.8 Å². The molecule has 0 spiro atoms. The van der Waals surface area contributed by atoms with Crippen LogP contribution in [0.3, 0.4) is 0 Å². The lowest BCUT2D eigenvalue weighted by molar-refractivity contribution is 0.112.